The summed E-state index contributed by atoms with van der Waals surface area (Å²) in [7, 11) is 1.56. The lowest BCUT2D eigenvalue weighted by molar-refractivity contribution is 0.0870. The van der Waals surface area contributed by atoms with E-state index in [2.05, 4.69) is 34.8 Å². The average Bonchev–Trinajstić information content (AvgIpc) is 3.12. The number of hydrogen-bond donors (Lipinski definition) is 0. The van der Waals surface area contributed by atoms with E-state index in [1.807, 2.05) is 17.6 Å². The van der Waals surface area contributed by atoms with E-state index in [1.165, 1.54) is 25.9 Å². The molecule has 6 rings (SSSR count). The lowest BCUT2D eigenvalue weighted by Gasteiger charge is -2.45. The molecule has 0 amide bonds. The Hall–Kier alpha value is -2.54. The highest BCUT2D eigenvalue weighted by atomic mass is 19.1. The Morgan fingerprint density at radius 3 is 2.56 bits per heavy atom. The van der Waals surface area contributed by atoms with Crippen LogP contribution in [0.25, 0.3) is 11.2 Å². The number of rotatable bonds is 6. The first-order chi connectivity index (χ1) is 15.4. The molecule has 32 heavy (non-hydrogen) atoms. The van der Waals surface area contributed by atoms with Crippen molar-refractivity contribution in [2.75, 3.05) is 26.7 Å². The number of aromatic nitrogens is 4. The maximum Gasteiger partial charge on any atom is 0.318 e. The molecule has 3 saturated heterocycles. The lowest BCUT2D eigenvalue weighted by atomic mass is 9.75. The zero-order chi connectivity index (χ0) is 22.4. The van der Waals surface area contributed by atoms with Crippen LogP contribution in [-0.4, -0.2) is 51.2 Å². The zero-order valence-corrected chi connectivity index (χ0v) is 19.4. The van der Waals surface area contributed by atoms with Gasteiger partial charge in [-0.1, -0.05) is 26.0 Å². The smallest absolute Gasteiger partial charge is 0.318 e. The summed E-state index contributed by atoms with van der Waals surface area (Å²) in [6, 6.07) is 6.17. The summed E-state index contributed by atoms with van der Waals surface area (Å²) in [5.74, 6) is 2.32. The SMILES string of the molecule is COc1nc(C)c2nc(CC(C)C)n(Cc3ccc(C4CN5CCC4CC5)cc3F)c2n1. The van der Waals surface area contributed by atoms with Crippen LogP contribution < -0.4 is 4.74 Å². The van der Waals surface area contributed by atoms with Gasteiger partial charge < -0.3 is 14.2 Å². The van der Waals surface area contributed by atoms with E-state index in [0.717, 1.165) is 35.6 Å². The molecule has 2 aromatic heterocycles. The monoisotopic (exact) mass is 437 g/mol. The van der Waals surface area contributed by atoms with Gasteiger partial charge in [0.15, 0.2) is 5.65 Å². The Balaban J connectivity index is 1.50. The van der Waals surface area contributed by atoms with E-state index in [0.29, 0.717) is 41.5 Å². The van der Waals surface area contributed by atoms with Gasteiger partial charge in [-0.25, -0.2) is 9.37 Å². The molecular formula is C25H32FN5O. The highest BCUT2D eigenvalue weighted by molar-refractivity contribution is 5.74. The molecule has 1 unspecified atom stereocenters. The number of benzene rings is 1. The maximum absolute atomic E-state index is 15.4. The molecule has 0 spiro atoms. The number of piperidine rings is 3. The van der Waals surface area contributed by atoms with Gasteiger partial charge in [0.2, 0.25) is 0 Å². The summed E-state index contributed by atoms with van der Waals surface area (Å²) in [5.41, 5.74) is 4.03. The van der Waals surface area contributed by atoms with Crippen LogP contribution in [0.4, 0.5) is 4.39 Å². The molecule has 5 heterocycles. The summed E-state index contributed by atoms with van der Waals surface area (Å²) in [6.07, 6.45) is 3.25. The van der Waals surface area contributed by atoms with Crippen LogP contribution in [0.2, 0.25) is 0 Å². The van der Waals surface area contributed by atoms with Crippen molar-refractivity contribution in [2.45, 2.75) is 52.5 Å². The van der Waals surface area contributed by atoms with E-state index in [1.54, 1.807) is 13.2 Å². The van der Waals surface area contributed by atoms with E-state index in [9.17, 15) is 0 Å². The van der Waals surface area contributed by atoms with Crippen molar-refractivity contribution in [3.8, 4) is 6.01 Å². The predicted octanol–water partition coefficient (Wildman–Crippen LogP) is 4.34. The molecule has 3 aliphatic heterocycles. The number of imidazole rings is 1. The van der Waals surface area contributed by atoms with E-state index in [-0.39, 0.29) is 5.82 Å². The number of methoxy groups -OCH3 is 1. The van der Waals surface area contributed by atoms with Crippen molar-refractivity contribution in [3.05, 3.63) is 46.7 Å². The van der Waals surface area contributed by atoms with Crippen molar-refractivity contribution in [3.63, 3.8) is 0 Å². The molecule has 7 heteroatoms. The average molecular weight is 438 g/mol. The van der Waals surface area contributed by atoms with Crippen LogP contribution in [0, 0.1) is 24.6 Å². The second kappa shape index (κ2) is 8.43. The number of fused-ring (bicyclic) bond motifs is 4. The molecule has 0 saturated carbocycles. The van der Waals surface area contributed by atoms with Crippen LogP contribution in [0.5, 0.6) is 6.01 Å². The maximum atomic E-state index is 15.4. The van der Waals surface area contributed by atoms with Gasteiger partial charge in [0.1, 0.15) is 17.2 Å². The fourth-order valence-corrected chi connectivity index (χ4v) is 5.37. The van der Waals surface area contributed by atoms with Gasteiger partial charge in [-0.2, -0.15) is 9.97 Å². The molecule has 3 fully saturated rings. The molecule has 0 radical (unpaired) electrons. The normalized spacial score (nSPS) is 22.8. The van der Waals surface area contributed by atoms with Crippen LogP contribution in [0.15, 0.2) is 18.2 Å². The van der Waals surface area contributed by atoms with Crippen LogP contribution in [0.1, 0.15) is 55.3 Å². The number of nitrogens with zero attached hydrogens (tertiary/aromatic N) is 5. The number of ether oxygens (including phenoxy) is 1. The van der Waals surface area contributed by atoms with Gasteiger partial charge in [-0.05, 0) is 62.2 Å². The molecule has 0 N–H and O–H groups in total. The summed E-state index contributed by atoms with van der Waals surface area (Å²) in [6.45, 7) is 10.1. The largest absolute Gasteiger partial charge is 0.467 e. The van der Waals surface area contributed by atoms with Crippen LogP contribution >= 0.6 is 0 Å². The fourth-order valence-electron chi connectivity index (χ4n) is 5.37. The molecule has 3 aromatic rings. The summed E-state index contributed by atoms with van der Waals surface area (Å²) in [5, 5.41) is 0. The van der Waals surface area contributed by atoms with Gasteiger partial charge in [-0.15, -0.1) is 0 Å². The van der Waals surface area contributed by atoms with Crippen molar-refractivity contribution in [1.29, 1.82) is 0 Å². The molecule has 1 atom stereocenters. The number of hydrogen-bond acceptors (Lipinski definition) is 5. The van der Waals surface area contributed by atoms with Gasteiger partial charge in [-0.3, -0.25) is 0 Å². The van der Waals surface area contributed by atoms with E-state index >= 15 is 4.39 Å². The topological polar surface area (TPSA) is 56.1 Å². The number of halogens is 1. The Morgan fingerprint density at radius 2 is 1.94 bits per heavy atom. The highest BCUT2D eigenvalue weighted by Crippen LogP contribution is 2.39. The summed E-state index contributed by atoms with van der Waals surface area (Å²) >= 11 is 0. The third-order valence-corrected chi connectivity index (χ3v) is 7.09. The third-order valence-electron chi connectivity index (χ3n) is 7.09. The van der Waals surface area contributed by atoms with E-state index in [4.69, 9.17) is 9.72 Å². The molecule has 3 aliphatic rings. The Kier molecular flexibility index (Phi) is 5.61. The fraction of sp³-hybridized carbons (Fsp3) is 0.560. The van der Waals surface area contributed by atoms with Gasteiger partial charge in [0.05, 0.1) is 19.3 Å². The first-order valence-corrected chi connectivity index (χ1v) is 11.7. The molecule has 6 nitrogen and oxygen atoms in total. The minimum Gasteiger partial charge on any atom is -0.467 e. The molecule has 1 aromatic carbocycles. The van der Waals surface area contributed by atoms with Crippen molar-refractivity contribution in [2.24, 2.45) is 11.8 Å². The summed E-state index contributed by atoms with van der Waals surface area (Å²) < 4.78 is 22.7. The highest BCUT2D eigenvalue weighted by Gasteiger charge is 2.35. The lowest BCUT2D eigenvalue weighted by Crippen LogP contribution is -2.46. The van der Waals surface area contributed by atoms with Gasteiger partial charge in [0.25, 0.3) is 0 Å². The molecule has 2 bridgehead atoms. The number of aryl methyl sites for hydroxylation is 1. The van der Waals surface area contributed by atoms with Crippen molar-refractivity contribution in [1.82, 2.24) is 24.4 Å². The minimum atomic E-state index is -0.144. The van der Waals surface area contributed by atoms with E-state index < -0.39 is 0 Å². The predicted molar refractivity (Wildman–Crippen MR) is 123 cm³/mol. The molecule has 170 valence electrons. The minimum absolute atomic E-state index is 0.144. The molecular weight excluding hydrogens is 405 g/mol. The Bertz CT molecular complexity index is 1130. The standard InChI is InChI=1S/C25H32FN5O/c1-15(2)11-22-28-23-16(3)27-25(32-4)29-24(23)31(22)13-19-6-5-18(12-21(19)26)20-14-30-9-7-17(20)8-10-30/h5-6,12,15,17,20H,7-11,13-14H2,1-4H3. The van der Waals surface area contributed by atoms with Crippen LogP contribution in [-0.2, 0) is 13.0 Å². The van der Waals surface area contributed by atoms with Gasteiger partial charge >= 0.3 is 6.01 Å². The first kappa shape index (κ1) is 21.3. The van der Waals surface area contributed by atoms with Crippen molar-refractivity contribution >= 4 is 11.2 Å². The van der Waals surface area contributed by atoms with Crippen molar-refractivity contribution < 1.29 is 9.13 Å². The zero-order valence-electron chi connectivity index (χ0n) is 19.4. The van der Waals surface area contributed by atoms with Gasteiger partial charge in [0, 0.05) is 18.5 Å². The third kappa shape index (κ3) is 3.87. The van der Waals surface area contributed by atoms with Crippen LogP contribution in [0.3, 0.4) is 0 Å². The quantitative estimate of drug-likeness (QED) is 0.574. The summed E-state index contributed by atoms with van der Waals surface area (Å²) in [4.78, 5) is 16.3. The molecule has 0 aliphatic carbocycles. The Morgan fingerprint density at radius 1 is 1.16 bits per heavy atom. The second-order valence-electron chi connectivity index (χ2n) is 9.78. The first-order valence-electron chi connectivity index (χ1n) is 11.7. The Labute approximate surface area is 188 Å². The second-order valence-corrected chi connectivity index (χ2v) is 9.78.